The van der Waals surface area contributed by atoms with Crippen molar-refractivity contribution < 1.29 is 4.79 Å². The molecule has 25 heavy (non-hydrogen) atoms. The van der Waals surface area contributed by atoms with Crippen LogP contribution in [0.25, 0.3) is 16.9 Å². The first-order chi connectivity index (χ1) is 12.3. The minimum absolute atomic E-state index is 0.129. The molecule has 0 aliphatic heterocycles. The highest BCUT2D eigenvalue weighted by molar-refractivity contribution is 5.77. The molecule has 1 N–H and O–H groups in total. The summed E-state index contributed by atoms with van der Waals surface area (Å²) in [4.78, 5) is 24.7. The third-order valence-corrected chi connectivity index (χ3v) is 3.80. The zero-order chi connectivity index (χ0) is 17.1. The summed E-state index contributed by atoms with van der Waals surface area (Å²) in [6, 6.07) is 11.6. The van der Waals surface area contributed by atoms with Gasteiger partial charge < -0.3 is 5.32 Å². The van der Waals surface area contributed by atoms with Gasteiger partial charge in [-0.3, -0.25) is 9.36 Å². The molecule has 124 valence electrons. The second kappa shape index (κ2) is 6.52. The highest BCUT2D eigenvalue weighted by atomic mass is 16.2. The number of hydrogen-bond acceptors (Lipinski definition) is 5. The van der Waals surface area contributed by atoms with E-state index in [0.29, 0.717) is 6.54 Å². The van der Waals surface area contributed by atoms with Crippen LogP contribution in [0.1, 0.15) is 5.56 Å². The Balaban J connectivity index is 1.56. The van der Waals surface area contributed by atoms with Crippen molar-refractivity contribution in [2.75, 3.05) is 0 Å². The lowest BCUT2D eigenvalue weighted by Crippen LogP contribution is -2.27. The summed E-state index contributed by atoms with van der Waals surface area (Å²) in [6.45, 7) is 0.493. The van der Waals surface area contributed by atoms with Gasteiger partial charge in [0.25, 0.3) is 0 Å². The van der Waals surface area contributed by atoms with E-state index >= 15 is 0 Å². The third-order valence-electron chi connectivity index (χ3n) is 3.80. The molecule has 8 nitrogen and oxygen atoms in total. The second-order valence-corrected chi connectivity index (χ2v) is 5.46. The van der Waals surface area contributed by atoms with Crippen LogP contribution in [0.2, 0.25) is 0 Å². The number of carbonyl (C=O) groups excluding carboxylic acids is 1. The van der Waals surface area contributed by atoms with Gasteiger partial charge in [-0.05, 0) is 18.2 Å². The number of rotatable bonds is 5. The molecule has 3 aromatic heterocycles. The Morgan fingerprint density at radius 2 is 2.00 bits per heavy atom. The fourth-order valence-electron chi connectivity index (χ4n) is 2.62. The Morgan fingerprint density at radius 3 is 2.88 bits per heavy atom. The van der Waals surface area contributed by atoms with E-state index in [1.807, 2.05) is 41.0 Å². The number of nitrogens with one attached hydrogen (secondary N) is 1. The molecule has 0 spiro atoms. The minimum Gasteiger partial charge on any atom is -0.350 e. The molecule has 0 unspecified atom stereocenters. The molecule has 0 aliphatic carbocycles. The van der Waals surface area contributed by atoms with Crippen molar-refractivity contribution in [2.45, 2.75) is 13.1 Å². The number of hydrogen-bond donors (Lipinski definition) is 1. The van der Waals surface area contributed by atoms with E-state index in [1.165, 1.54) is 17.3 Å². The number of aromatic nitrogens is 6. The molecule has 4 aromatic rings. The summed E-state index contributed by atoms with van der Waals surface area (Å²) >= 11 is 0. The van der Waals surface area contributed by atoms with Gasteiger partial charge in [0.15, 0.2) is 0 Å². The van der Waals surface area contributed by atoms with E-state index < -0.39 is 0 Å². The molecule has 0 bridgehead atoms. The first-order valence-corrected chi connectivity index (χ1v) is 7.77. The van der Waals surface area contributed by atoms with Crippen molar-refractivity contribution in [3.05, 3.63) is 67.1 Å². The van der Waals surface area contributed by atoms with E-state index in [9.17, 15) is 4.79 Å². The van der Waals surface area contributed by atoms with Gasteiger partial charge in [0.1, 0.15) is 31.3 Å². The summed E-state index contributed by atoms with van der Waals surface area (Å²) < 4.78 is 3.40. The van der Waals surface area contributed by atoms with Crippen LogP contribution in [-0.2, 0) is 17.9 Å². The summed E-state index contributed by atoms with van der Waals surface area (Å²) in [5.74, 6) is 0.605. The van der Waals surface area contributed by atoms with E-state index in [-0.39, 0.29) is 12.5 Å². The molecule has 0 saturated carbocycles. The Labute approximate surface area is 143 Å². The topological polar surface area (TPSA) is 90.5 Å². The third kappa shape index (κ3) is 3.09. The van der Waals surface area contributed by atoms with E-state index in [1.54, 1.807) is 12.5 Å². The first kappa shape index (κ1) is 15.0. The fourth-order valence-corrected chi connectivity index (χ4v) is 2.62. The lowest BCUT2D eigenvalue weighted by molar-refractivity contribution is -0.122. The molecule has 0 atom stereocenters. The van der Waals surface area contributed by atoms with Crippen LogP contribution < -0.4 is 5.32 Å². The lowest BCUT2D eigenvalue weighted by atomic mass is 10.2. The minimum atomic E-state index is -0.143. The quantitative estimate of drug-likeness (QED) is 0.595. The van der Waals surface area contributed by atoms with Gasteiger partial charge in [-0.25, -0.2) is 19.6 Å². The molecule has 3 heterocycles. The first-order valence-electron chi connectivity index (χ1n) is 7.77. The Hall–Kier alpha value is -3.55. The highest BCUT2D eigenvalue weighted by Crippen LogP contribution is 2.19. The van der Waals surface area contributed by atoms with Crippen molar-refractivity contribution in [2.24, 2.45) is 0 Å². The fraction of sp³-hybridized carbons (Fsp3) is 0.118. The number of benzene rings is 1. The highest BCUT2D eigenvalue weighted by Gasteiger charge is 2.11. The van der Waals surface area contributed by atoms with Crippen molar-refractivity contribution >= 4 is 16.9 Å². The van der Waals surface area contributed by atoms with Crippen molar-refractivity contribution in [1.29, 1.82) is 0 Å². The monoisotopic (exact) mass is 333 g/mol. The summed E-state index contributed by atoms with van der Waals surface area (Å²) in [5, 5.41) is 6.81. The van der Waals surface area contributed by atoms with E-state index in [0.717, 1.165) is 22.4 Å². The number of fused-ring (bicyclic) bond motifs is 1. The predicted molar refractivity (Wildman–Crippen MR) is 90.7 cm³/mol. The molecule has 0 saturated heterocycles. The van der Waals surface area contributed by atoms with Crippen molar-refractivity contribution in [3.8, 4) is 5.82 Å². The van der Waals surface area contributed by atoms with Crippen molar-refractivity contribution in [3.63, 3.8) is 0 Å². The largest absolute Gasteiger partial charge is 0.350 e. The van der Waals surface area contributed by atoms with Crippen LogP contribution >= 0.6 is 0 Å². The molecule has 1 aromatic carbocycles. The molecule has 8 heteroatoms. The maximum atomic E-state index is 12.1. The van der Waals surface area contributed by atoms with Crippen molar-refractivity contribution in [1.82, 2.24) is 34.6 Å². The van der Waals surface area contributed by atoms with E-state index in [4.69, 9.17) is 0 Å². The molecule has 4 rings (SSSR count). The van der Waals surface area contributed by atoms with Crippen LogP contribution in [0.15, 0.2) is 61.6 Å². The molecule has 1 amide bonds. The van der Waals surface area contributed by atoms with Crippen LogP contribution in [0.3, 0.4) is 0 Å². The zero-order valence-corrected chi connectivity index (χ0v) is 13.3. The molecule has 0 fully saturated rings. The summed E-state index contributed by atoms with van der Waals surface area (Å²) in [5.41, 5.74) is 2.77. The number of nitrogens with zero attached hydrogens (tertiary/aromatic N) is 6. The smallest absolute Gasteiger partial charge is 0.242 e. The molecular weight excluding hydrogens is 318 g/mol. The number of carbonyl (C=O) groups is 1. The molecule has 0 aliphatic rings. The number of para-hydroxylation sites is 2. The van der Waals surface area contributed by atoms with Gasteiger partial charge >= 0.3 is 0 Å². The zero-order valence-electron chi connectivity index (χ0n) is 13.3. The molecule has 0 radical (unpaired) electrons. The van der Waals surface area contributed by atoms with E-state index in [2.05, 4.69) is 25.4 Å². The van der Waals surface area contributed by atoms with Gasteiger partial charge in [0.05, 0.1) is 11.0 Å². The Morgan fingerprint density at radius 1 is 1.08 bits per heavy atom. The molecular formula is C17H15N7O. The number of amides is 1. The van der Waals surface area contributed by atoms with Gasteiger partial charge in [-0.15, -0.1) is 0 Å². The van der Waals surface area contributed by atoms with Gasteiger partial charge in [0.2, 0.25) is 5.91 Å². The summed E-state index contributed by atoms with van der Waals surface area (Å²) in [6.07, 6.45) is 6.38. The number of pyridine rings is 1. The number of imidazole rings is 1. The predicted octanol–water partition coefficient (Wildman–Crippen LogP) is 1.33. The van der Waals surface area contributed by atoms with Gasteiger partial charge in [-0.1, -0.05) is 18.2 Å². The van der Waals surface area contributed by atoms with Gasteiger partial charge in [0, 0.05) is 18.3 Å². The normalized spacial score (nSPS) is 10.9. The van der Waals surface area contributed by atoms with Crippen LogP contribution in [-0.4, -0.2) is 35.2 Å². The Bertz CT molecular complexity index is 1010. The maximum Gasteiger partial charge on any atom is 0.242 e. The van der Waals surface area contributed by atoms with Crippen LogP contribution in [0.4, 0.5) is 0 Å². The SMILES string of the molecule is O=C(Cn1cncn1)NCc1cccnc1-n1cnc2ccccc21. The average Bonchev–Trinajstić information content (AvgIpc) is 3.30. The lowest BCUT2D eigenvalue weighted by Gasteiger charge is -2.11. The van der Waals surface area contributed by atoms with Crippen LogP contribution in [0, 0.1) is 0 Å². The average molecular weight is 333 g/mol. The van der Waals surface area contributed by atoms with Crippen LogP contribution in [0.5, 0.6) is 0 Å². The standard InChI is InChI=1S/C17H15N7O/c25-16(9-23-11-18-10-22-23)20-8-13-4-3-7-19-17(13)24-12-21-14-5-1-2-6-15(14)24/h1-7,10-12H,8-9H2,(H,20,25). The van der Waals surface area contributed by atoms with Gasteiger partial charge in [-0.2, -0.15) is 5.10 Å². The summed E-state index contributed by atoms with van der Waals surface area (Å²) in [7, 11) is 0. The second-order valence-electron chi connectivity index (χ2n) is 5.46. The maximum absolute atomic E-state index is 12.1. The Kier molecular flexibility index (Phi) is 3.91.